The third-order valence-corrected chi connectivity index (χ3v) is 4.55. The highest BCUT2D eigenvalue weighted by atomic mass is 32.1. The molecule has 1 heterocycles. The van der Waals surface area contributed by atoms with Gasteiger partial charge in [-0.2, -0.15) is 0 Å². The van der Waals surface area contributed by atoms with Crippen molar-refractivity contribution in [1.82, 2.24) is 10.2 Å². The number of benzene rings is 3. The number of nitrogens with zero attached hydrogens (tertiary/aromatic N) is 2. The molecule has 0 saturated carbocycles. The van der Waals surface area contributed by atoms with Crippen LogP contribution in [-0.2, 0) is 0 Å². The van der Waals surface area contributed by atoms with Gasteiger partial charge in [0.1, 0.15) is 5.01 Å². The molecule has 28 heavy (non-hydrogen) atoms. The summed E-state index contributed by atoms with van der Waals surface area (Å²) in [6, 6.07) is 18.1. The molecular formula is C20H19N5O2S. The van der Waals surface area contributed by atoms with Crippen molar-refractivity contribution in [3.63, 3.8) is 0 Å². The first-order valence-corrected chi connectivity index (χ1v) is 9.19. The number of aromatic nitrogens is 2. The summed E-state index contributed by atoms with van der Waals surface area (Å²) in [5.74, 6) is -0.585. The van der Waals surface area contributed by atoms with Crippen LogP contribution in [0.2, 0.25) is 0 Å². The third-order valence-electron chi connectivity index (χ3n) is 3.88. The summed E-state index contributed by atoms with van der Waals surface area (Å²) in [6.07, 6.45) is 0. The number of carbonyl (C=O) groups excluding carboxylic acids is 1. The zero-order valence-corrected chi connectivity index (χ0v) is 15.9. The maximum absolute atomic E-state index is 12.3. The minimum Gasteiger partial charge on any atom is -0.505 e. The summed E-state index contributed by atoms with van der Waals surface area (Å²) in [5, 5.41) is 23.1. The second-order valence-corrected chi connectivity index (χ2v) is 7.10. The Labute approximate surface area is 165 Å². The fourth-order valence-corrected chi connectivity index (χ4v) is 3.04. The van der Waals surface area contributed by atoms with Crippen LogP contribution in [0.15, 0.2) is 60.7 Å². The smallest absolute Gasteiger partial charge is 0.259 e. The Morgan fingerprint density at radius 2 is 1.71 bits per heavy atom. The molecule has 7 nitrogen and oxygen atoms in total. The lowest BCUT2D eigenvalue weighted by Crippen LogP contribution is -2.12. The molecule has 1 aromatic heterocycles. The van der Waals surface area contributed by atoms with Crippen molar-refractivity contribution in [2.75, 3.05) is 16.8 Å². The number of amides is 1. The summed E-state index contributed by atoms with van der Waals surface area (Å²) in [5.41, 5.74) is 12.2. The average molecular weight is 393 g/mol. The number of hydrogen-bond donors (Lipinski definition) is 4. The van der Waals surface area contributed by atoms with E-state index < -0.39 is 5.91 Å². The largest absolute Gasteiger partial charge is 0.505 e. The molecular weight excluding hydrogens is 374 g/mol. The SMILES string of the molecule is Cc1nnc(N)s1.Nc1c(O)c(C(=O)Nc2ccccc2)cc2ccccc12. The van der Waals surface area contributed by atoms with Gasteiger partial charge in [0.15, 0.2) is 5.75 Å². The van der Waals surface area contributed by atoms with Gasteiger partial charge in [-0.25, -0.2) is 0 Å². The number of phenolic OH excluding ortho intramolecular Hbond substituents is 1. The van der Waals surface area contributed by atoms with Crippen molar-refractivity contribution in [2.24, 2.45) is 0 Å². The molecule has 3 aromatic carbocycles. The van der Waals surface area contributed by atoms with Crippen LogP contribution >= 0.6 is 11.3 Å². The summed E-state index contributed by atoms with van der Waals surface area (Å²) < 4.78 is 0. The fraction of sp³-hybridized carbons (Fsp3) is 0.0500. The van der Waals surface area contributed by atoms with Gasteiger partial charge in [0.2, 0.25) is 5.13 Å². The molecule has 0 atom stereocenters. The number of hydrogen-bond acceptors (Lipinski definition) is 7. The zero-order chi connectivity index (χ0) is 20.1. The van der Waals surface area contributed by atoms with Crippen molar-refractivity contribution < 1.29 is 9.90 Å². The number of aryl methyl sites for hydroxylation is 1. The monoisotopic (exact) mass is 393 g/mol. The molecule has 8 heteroatoms. The lowest BCUT2D eigenvalue weighted by molar-refractivity contribution is 0.102. The molecule has 0 aliphatic carbocycles. The molecule has 4 aromatic rings. The van der Waals surface area contributed by atoms with Crippen LogP contribution in [0.4, 0.5) is 16.5 Å². The zero-order valence-electron chi connectivity index (χ0n) is 15.1. The topological polar surface area (TPSA) is 127 Å². The highest BCUT2D eigenvalue weighted by Crippen LogP contribution is 2.33. The van der Waals surface area contributed by atoms with Gasteiger partial charge in [-0.05, 0) is 30.5 Å². The Morgan fingerprint density at radius 3 is 2.32 bits per heavy atom. The van der Waals surface area contributed by atoms with Gasteiger partial charge in [-0.3, -0.25) is 4.79 Å². The predicted molar refractivity (Wildman–Crippen MR) is 113 cm³/mol. The first kappa shape index (κ1) is 19.1. The van der Waals surface area contributed by atoms with E-state index in [1.807, 2.05) is 49.4 Å². The van der Waals surface area contributed by atoms with Crippen LogP contribution in [0.3, 0.4) is 0 Å². The molecule has 0 aliphatic heterocycles. The summed E-state index contributed by atoms with van der Waals surface area (Å²) >= 11 is 1.40. The van der Waals surface area contributed by atoms with E-state index in [0.29, 0.717) is 10.8 Å². The van der Waals surface area contributed by atoms with Crippen LogP contribution in [-0.4, -0.2) is 21.2 Å². The molecule has 0 aliphatic rings. The minimum absolute atomic E-state index is 0.162. The van der Waals surface area contributed by atoms with Crippen molar-refractivity contribution in [3.05, 3.63) is 71.2 Å². The number of fused-ring (bicyclic) bond motifs is 1. The Hall–Kier alpha value is -3.65. The van der Waals surface area contributed by atoms with Crippen LogP contribution in [0.5, 0.6) is 5.75 Å². The Bertz CT molecular complexity index is 1100. The Morgan fingerprint density at radius 1 is 1.04 bits per heavy atom. The van der Waals surface area contributed by atoms with E-state index in [9.17, 15) is 9.90 Å². The average Bonchev–Trinajstić information content (AvgIpc) is 3.08. The number of para-hydroxylation sites is 1. The van der Waals surface area contributed by atoms with Crippen LogP contribution in [0, 0.1) is 6.92 Å². The molecule has 0 spiro atoms. The third kappa shape index (κ3) is 4.36. The van der Waals surface area contributed by atoms with Crippen LogP contribution in [0.25, 0.3) is 10.8 Å². The van der Waals surface area contributed by atoms with Gasteiger partial charge < -0.3 is 21.9 Å². The molecule has 0 fully saturated rings. The summed E-state index contributed by atoms with van der Waals surface area (Å²) in [6.45, 7) is 1.87. The lowest BCUT2D eigenvalue weighted by atomic mass is 10.0. The molecule has 0 bridgehead atoms. The molecule has 0 radical (unpaired) electrons. The number of rotatable bonds is 2. The maximum Gasteiger partial charge on any atom is 0.259 e. The Kier molecular flexibility index (Phi) is 5.71. The van der Waals surface area contributed by atoms with Crippen LogP contribution in [0.1, 0.15) is 15.4 Å². The number of nitrogens with one attached hydrogen (secondary N) is 1. The first-order chi connectivity index (χ1) is 13.5. The van der Waals surface area contributed by atoms with Gasteiger partial charge in [-0.1, -0.05) is 53.8 Å². The molecule has 4 rings (SSSR count). The number of anilines is 3. The highest BCUT2D eigenvalue weighted by Gasteiger charge is 2.16. The number of carbonyl (C=O) groups is 1. The van der Waals surface area contributed by atoms with Gasteiger partial charge in [-0.15, -0.1) is 10.2 Å². The van der Waals surface area contributed by atoms with E-state index in [-0.39, 0.29) is 17.0 Å². The normalized spacial score (nSPS) is 10.2. The number of nitrogen functional groups attached to an aromatic ring is 2. The van der Waals surface area contributed by atoms with E-state index in [1.165, 1.54) is 11.3 Å². The number of phenols is 1. The summed E-state index contributed by atoms with van der Waals surface area (Å²) in [4.78, 5) is 12.3. The van der Waals surface area contributed by atoms with E-state index in [4.69, 9.17) is 11.5 Å². The van der Waals surface area contributed by atoms with E-state index in [1.54, 1.807) is 18.2 Å². The predicted octanol–water partition coefficient (Wildman–Crippen LogP) is 3.81. The maximum atomic E-state index is 12.3. The van der Waals surface area contributed by atoms with Gasteiger partial charge in [0, 0.05) is 11.1 Å². The van der Waals surface area contributed by atoms with Crippen molar-refractivity contribution in [2.45, 2.75) is 6.92 Å². The summed E-state index contributed by atoms with van der Waals surface area (Å²) in [7, 11) is 0. The standard InChI is InChI=1S/C17H14N2O2.C3H5N3S/c18-15-13-9-5-4-6-11(13)10-14(16(15)20)17(21)19-12-7-2-1-3-8-12;1-2-5-6-3(4)7-2/h1-10,20H,18H2,(H,19,21);1H3,(H2,4,6). The van der Waals surface area contributed by atoms with Crippen molar-refractivity contribution in [3.8, 4) is 5.75 Å². The number of aromatic hydroxyl groups is 1. The second kappa shape index (κ2) is 8.36. The molecule has 142 valence electrons. The second-order valence-electron chi connectivity index (χ2n) is 5.89. The van der Waals surface area contributed by atoms with Crippen LogP contribution < -0.4 is 16.8 Å². The van der Waals surface area contributed by atoms with Gasteiger partial charge in [0.05, 0.1) is 11.3 Å². The quantitative estimate of drug-likeness (QED) is 0.303. The van der Waals surface area contributed by atoms with E-state index in [0.717, 1.165) is 15.8 Å². The Balaban J connectivity index is 0.000000271. The molecule has 6 N–H and O–H groups in total. The van der Waals surface area contributed by atoms with E-state index in [2.05, 4.69) is 15.5 Å². The lowest BCUT2D eigenvalue weighted by Gasteiger charge is -2.11. The molecule has 0 unspecified atom stereocenters. The van der Waals surface area contributed by atoms with Crippen molar-refractivity contribution in [1.29, 1.82) is 0 Å². The van der Waals surface area contributed by atoms with Crippen molar-refractivity contribution >= 4 is 44.5 Å². The fourth-order valence-electron chi connectivity index (χ4n) is 2.57. The van der Waals surface area contributed by atoms with Gasteiger partial charge in [0.25, 0.3) is 5.91 Å². The van der Waals surface area contributed by atoms with Gasteiger partial charge >= 0.3 is 0 Å². The molecule has 1 amide bonds. The molecule has 0 saturated heterocycles. The highest BCUT2D eigenvalue weighted by molar-refractivity contribution is 7.14. The van der Waals surface area contributed by atoms with E-state index >= 15 is 0 Å². The first-order valence-electron chi connectivity index (χ1n) is 8.38. The minimum atomic E-state index is -0.392. The number of nitrogens with two attached hydrogens (primary N) is 2.